The van der Waals surface area contributed by atoms with Crippen LogP contribution >= 0.6 is 0 Å². The lowest BCUT2D eigenvalue weighted by Gasteiger charge is -2.28. The molecule has 0 bridgehead atoms. The van der Waals surface area contributed by atoms with Crippen LogP contribution in [0, 0.1) is 0 Å². The Morgan fingerprint density at radius 1 is 1.13 bits per heavy atom. The molecule has 0 aromatic heterocycles. The highest BCUT2D eigenvalue weighted by atomic mass is 16.7. The summed E-state index contributed by atoms with van der Waals surface area (Å²) >= 11 is 0. The molecule has 2 amide bonds. The SMILES string of the molecule is CC(=O)ON(CCN)N(C(C)=O)C(C)=O. The molecule has 0 heterocycles. The predicted molar refractivity (Wildman–Crippen MR) is 50.7 cm³/mol. The molecule has 2 N–H and O–H groups in total. The Kier molecular flexibility index (Phi) is 5.50. The van der Waals surface area contributed by atoms with Crippen LogP contribution in [0.2, 0.25) is 0 Å². The Morgan fingerprint density at radius 3 is 1.87 bits per heavy atom. The molecule has 0 aliphatic heterocycles. The third-order valence-electron chi connectivity index (χ3n) is 1.37. The van der Waals surface area contributed by atoms with Crippen molar-refractivity contribution in [3.05, 3.63) is 0 Å². The summed E-state index contributed by atoms with van der Waals surface area (Å²) in [6, 6.07) is 0. The van der Waals surface area contributed by atoms with Crippen molar-refractivity contribution in [2.45, 2.75) is 20.8 Å². The molecule has 15 heavy (non-hydrogen) atoms. The first-order valence-corrected chi connectivity index (χ1v) is 4.37. The van der Waals surface area contributed by atoms with Gasteiger partial charge in [0.15, 0.2) is 0 Å². The standard InChI is InChI=1S/C8H15N3O4/c1-6(12)11(7(2)13)10(5-4-9)15-8(3)14/h4-5,9H2,1-3H3. The minimum Gasteiger partial charge on any atom is -0.348 e. The first-order chi connectivity index (χ1) is 6.90. The van der Waals surface area contributed by atoms with E-state index in [2.05, 4.69) is 4.84 Å². The molecular formula is C8H15N3O4. The van der Waals surface area contributed by atoms with Gasteiger partial charge in [0.2, 0.25) is 11.8 Å². The van der Waals surface area contributed by atoms with E-state index in [-0.39, 0.29) is 13.1 Å². The molecule has 0 atom stereocenters. The van der Waals surface area contributed by atoms with Crippen molar-refractivity contribution in [3.8, 4) is 0 Å². The molecule has 0 fully saturated rings. The first-order valence-electron chi connectivity index (χ1n) is 4.37. The van der Waals surface area contributed by atoms with E-state index in [1.165, 1.54) is 20.8 Å². The second-order valence-corrected chi connectivity index (χ2v) is 2.80. The van der Waals surface area contributed by atoms with Crippen molar-refractivity contribution in [2.24, 2.45) is 5.73 Å². The van der Waals surface area contributed by atoms with Crippen LogP contribution in [-0.2, 0) is 19.2 Å². The highest BCUT2D eigenvalue weighted by Crippen LogP contribution is 2.01. The van der Waals surface area contributed by atoms with Crippen LogP contribution in [-0.4, -0.2) is 41.1 Å². The fourth-order valence-electron chi connectivity index (χ4n) is 0.981. The zero-order chi connectivity index (χ0) is 12.0. The van der Waals surface area contributed by atoms with Crippen molar-refractivity contribution in [1.29, 1.82) is 0 Å². The molecule has 0 unspecified atom stereocenters. The number of rotatable bonds is 4. The molecule has 7 nitrogen and oxygen atoms in total. The molecule has 0 aliphatic carbocycles. The van der Waals surface area contributed by atoms with E-state index in [9.17, 15) is 14.4 Å². The second-order valence-electron chi connectivity index (χ2n) is 2.80. The molecule has 0 spiro atoms. The Hall–Kier alpha value is -1.47. The van der Waals surface area contributed by atoms with Gasteiger partial charge in [-0.1, -0.05) is 0 Å². The van der Waals surface area contributed by atoms with Crippen molar-refractivity contribution in [3.63, 3.8) is 0 Å². The average Bonchev–Trinajstić information content (AvgIpc) is 2.01. The fraction of sp³-hybridized carbons (Fsp3) is 0.625. The van der Waals surface area contributed by atoms with Crippen LogP contribution in [0.25, 0.3) is 0 Å². The molecule has 0 aliphatic rings. The summed E-state index contributed by atoms with van der Waals surface area (Å²) in [6.07, 6.45) is 0. The number of hydroxylamine groups is 1. The number of amides is 2. The Labute approximate surface area is 87.7 Å². The maximum Gasteiger partial charge on any atom is 0.324 e. The topological polar surface area (TPSA) is 92.9 Å². The van der Waals surface area contributed by atoms with Crippen molar-refractivity contribution < 1.29 is 19.2 Å². The summed E-state index contributed by atoms with van der Waals surface area (Å²) < 4.78 is 0. The number of hydrogen-bond donors (Lipinski definition) is 1. The second kappa shape index (κ2) is 6.10. The van der Waals surface area contributed by atoms with Crippen molar-refractivity contribution in [2.75, 3.05) is 13.1 Å². The van der Waals surface area contributed by atoms with Gasteiger partial charge in [-0.15, -0.1) is 0 Å². The lowest BCUT2D eigenvalue weighted by molar-refractivity contribution is -0.252. The maximum absolute atomic E-state index is 11.1. The van der Waals surface area contributed by atoms with Crippen LogP contribution in [0.5, 0.6) is 0 Å². The number of carbonyl (C=O) groups is 3. The zero-order valence-corrected chi connectivity index (χ0v) is 9.02. The van der Waals surface area contributed by atoms with Crippen LogP contribution < -0.4 is 5.73 Å². The third-order valence-corrected chi connectivity index (χ3v) is 1.37. The largest absolute Gasteiger partial charge is 0.348 e. The normalized spacial score (nSPS) is 9.93. The number of imide groups is 1. The Bertz CT molecular complexity index is 253. The smallest absolute Gasteiger partial charge is 0.324 e. The minimum atomic E-state index is -0.629. The van der Waals surface area contributed by atoms with Gasteiger partial charge in [0.25, 0.3) is 0 Å². The van der Waals surface area contributed by atoms with Gasteiger partial charge in [0, 0.05) is 27.3 Å². The number of hydrogen-bond acceptors (Lipinski definition) is 6. The van der Waals surface area contributed by atoms with Crippen LogP contribution in [0.1, 0.15) is 20.8 Å². The van der Waals surface area contributed by atoms with Gasteiger partial charge in [0.1, 0.15) is 0 Å². The van der Waals surface area contributed by atoms with E-state index in [4.69, 9.17) is 5.73 Å². The quantitative estimate of drug-likeness (QED) is 0.609. The monoisotopic (exact) mass is 217 g/mol. The molecule has 0 saturated heterocycles. The lowest BCUT2D eigenvalue weighted by atomic mass is 10.5. The number of hydrazine groups is 1. The molecule has 7 heteroatoms. The van der Waals surface area contributed by atoms with Gasteiger partial charge in [-0.05, 0) is 5.17 Å². The molecule has 0 aromatic carbocycles. The Morgan fingerprint density at radius 2 is 1.60 bits per heavy atom. The van der Waals surface area contributed by atoms with Gasteiger partial charge < -0.3 is 10.6 Å². The molecule has 86 valence electrons. The van der Waals surface area contributed by atoms with Crippen LogP contribution in [0.4, 0.5) is 0 Å². The first kappa shape index (κ1) is 13.5. The molecule has 0 radical (unpaired) electrons. The molecule has 0 saturated carbocycles. The van der Waals surface area contributed by atoms with Crippen LogP contribution in [0.15, 0.2) is 0 Å². The summed E-state index contributed by atoms with van der Waals surface area (Å²) in [6.45, 7) is 3.76. The fourth-order valence-corrected chi connectivity index (χ4v) is 0.981. The lowest BCUT2D eigenvalue weighted by Crippen LogP contribution is -2.50. The number of carbonyl (C=O) groups excluding carboxylic acids is 3. The van der Waals surface area contributed by atoms with E-state index in [0.717, 1.165) is 5.17 Å². The van der Waals surface area contributed by atoms with Gasteiger partial charge >= 0.3 is 5.97 Å². The van der Waals surface area contributed by atoms with Crippen molar-refractivity contribution >= 4 is 17.8 Å². The van der Waals surface area contributed by atoms with Crippen molar-refractivity contribution in [1.82, 2.24) is 10.2 Å². The predicted octanol–water partition coefficient (Wildman–Crippen LogP) is -0.965. The summed E-state index contributed by atoms with van der Waals surface area (Å²) in [5.41, 5.74) is 5.26. The average molecular weight is 217 g/mol. The highest BCUT2D eigenvalue weighted by molar-refractivity contribution is 5.92. The molecular weight excluding hydrogens is 202 g/mol. The van der Waals surface area contributed by atoms with E-state index < -0.39 is 17.8 Å². The molecule has 0 aromatic rings. The van der Waals surface area contributed by atoms with E-state index in [0.29, 0.717) is 5.01 Å². The maximum atomic E-state index is 11.1. The Balaban J connectivity index is 4.74. The van der Waals surface area contributed by atoms with Crippen LogP contribution in [0.3, 0.4) is 0 Å². The molecule has 0 rings (SSSR count). The number of nitrogens with zero attached hydrogens (tertiary/aromatic N) is 2. The summed E-state index contributed by atoms with van der Waals surface area (Å²) in [5, 5.41) is 1.57. The van der Waals surface area contributed by atoms with Gasteiger partial charge in [-0.2, -0.15) is 5.01 Å². The summed E-state index contributed by atoms with van der Waals surface area (Å²) in [7, 11) is 0. The van der Waals surface area contributed by atoms with E-state index >= 15 is 0 Å². The van der Waals surface area contributed by atoms with Gasteiger partial charge in [-0.25, -0.2) is 0 Å². The minimum absolute atomic E-state index is 0.0682. The zero-order valence-electron chi connectivity index (χ0n) is 9.02. The van der Waals surface area contributed by atoms with E-state index in [1.54, 1.807) is 0 Å². The third kappa shape index (κ3) is 4.52. The van der Waals surface area contributed by atoms with Gasteiger partial charge in [-0.3, -0.25) is 14.4 Å². The summed E-state index contributed by atoms with van der Waals surface area (Å²) in [5.74, 6) is -1.72. The van der Waals surface area contributed by atoms with Gasteiger partial charge in [0.05, 0.1) is 6.54 Å². The van der Waals surface area contributed by atoms with E-state index in [1.807, 2.05) is 0 Å². The number of nitrogens with two attached hydrogens (primary N) is 1. The highest BCUT2D eigenvalue weighted by Gasteiger charge is 2.24. The summed E-state index contributed by atoms with van der Waals surface area (Å²) in [4.78, 5) is 37.6.